The van der Waals surface area contributed by atoms with E-state index in [-0.39, 0.29) is 11.7 Å². The number of rotatable bonds is 9. The first kappa shape index (κ1) is 15.1. The second kappa shape index (κ2) is 9.03. The van der Waals surface area contributed by atoms with Crippen LogP contribution in [-0.2, 0) is 9.47 Å². The summed E-state index contributed by atoms with van der Waals surface area (Å²) in [5, 5.41) is 3.29. The number of hydrogen-bond acceptors (Lipinski definition) is 3. The molecule has 0 bridgehead atoms. The maximum atomic E-state index is 13.2. The van der Waals surface area contributed by atoms with Gasteiger partial charge in [-0.05, 0) is 24.6 Å². The van der Waals surface area contributed by atoms with Gasteiger partial charge in [0.1, 0.15) is 5.82 Å². The van der Waals surface area contributed by atoms with Crippen LogP contribution in [0, 0.1) is 5.82 Å². The Labute approximate surface area is 108 Å². The summed E-state index contributed by atoms with van der Waals surface area (Å²) in [4.78, 5) is 0. The predicted octanol–water partition coefficient (Wildman–Crippen LogP) is 2.18. The van der Waals surface area contributed by atoms with E-state index in [1.807, 2.05) is 13.0 Å². The first-order valence-electron chi connectivity index (χ1n) is 6.30. The van der Waals surface area contributed by atoms with E-state index in [1.165, 1.54) is 6.07 Å². The van der Waals surface area contributed by atoms with E-state index in [2.05, 4.69) is 5.32 Å². The standard InChI is InChI=1S/C14H22FNO2/c1-3-18-11-13(10-16-7-8-17-2)12-5-4-6-14(15)9-12/h4-6,9,13,16H,3,7-8,10-11H2,1-2H3. The molecule has 102 valence electrons. The molecule has 0 saturated heterocycles. The molecule has 1 unspecified atom stereocenters. The average Bonchev–Trinajstić information content (AvgIpc) is 2.38. The molecule has 4 heteroatoms. The minimum atomic E-state index is -0.203. The van der Waals surface area contributed by atoms with E-state index in [0.717, 1.165) is 18.7 Å². The summed E-state index contributed by atoms with van der Waals surface area (Å²) < 4.78 is 23.6. The third-order valence-corrected chi connectivity index (χ3v) is 2.72. The van der Waals surface area contributed by atoms with Crippen molar-refractivity contribution >= 4 is 0 Å². The van der Waals surface area contributed by atoms with Crippen molar-refractivity contribution in [3.05, 3.63) is 35.6 Å². The largest absolute Gasteiger partial charge is 0.383 e. The Hall–Kier alpha value is -0.970. The smallest absolute Gasteiger partial charge is 0.123 e. The van der Waals surface area contributed by atoms with Crippen LogP contribution in [0.4, 0.5) is 4.39 Å². The lowest BCUT2D eigenvalue weighted by molar-refractivity contribution is 0.130. The Balaban J connectivity index is 2.54. The van der Waals surface area contributed by atoms with Gasteiger partial charge in [-0.1, -0.05) is 12.1 Å². The molecular formula is C14H22FNO2. The van der Waals surface area contributed by atoms with E-state index in [1.54, 1.807) is 19.2 Å². The Morgan fingerprint density at radius 3 is 2.89 bits per heavy atom. The number of methoxy groups -OCH3 is 1. The third kappa shape index (κ3) is 5.58. The summed E-state index contributed by atoms with van der Waals surface area (Å²) in [5.41, 5.74) is 0.966. The summed E-state index contributed by atoms with van der Waals surface area (Å²) >= 11 is 0. The van der Waals surface area contributed by atoms with Gasteiger partial charge in [0.25, 0.3) is 0 Å². The fourth-order valence-corrected chi connectivity index (χ4v) is 1.74. The van der Waals surface area contributed by atoms with E-state index >= 15 is 0 Å². The van der Waals surface area contributed by atoms with Crippen LogP contribution in [0.3, 0.4) is 0 Å². The lowest BCUT2D eigenvalue weighted by Gasteiger charge is -2.18. The van der Waals surface area contributed by atoms with Crippen LogP contribution in [0.15, 0.2) is 24.3 Å². The highest BCUT2D eigenvalue weighted by molar-refractivity contribution is 5.21. The van der Waals surface area contributed by atoms with Gasteiger partial charge in [-0.25, -0.2) is 4.39 Å². The zero-order valence-electron chi connectivity index (χ0n) is 11.1. The molecule has 1 aromatic rings. The SMILES string of the molecule is CCOCC(CNCCOC)c1cccc(F)c1. The van der Waals surface area contributed by atoms with Crippen molar-refractivity contribution in [3.8, 4) is 0 Å². The molecule has 3 nitrogen and oxygen atoms in total. The molecule has 0 aliphatic carbocycles. The highest BCUT2D eigenvalue weighted by atomic mass is 19.1. The quantitative estimate of drug-likeness (QED) is 0.686. The van der Waals surface area contributed by atoms with Crippen molar-refractivity contribution in [1.82, 2.24) is 5.32 Å². The minimum Gasteiger partial charge on any atom is -0.383 e. The van der Waals surface area contributed by atoms with Crippen molar-refractivity contribution < 1.29 is 13.9 Å². The predicted molar refractivity (Wildman–Crippen MR) is 70.4 cm³/mol. The Bertz CT molecular complexity index is 333. The second-order valence-electron chi connectivity index (χ2n) is 4.11. The molecule has 0 amide bonds. The maximum absolute atomic E-state index is 13.2. The first-order chi connectivity index (χ1) is 8.77. The summed E-state index contributed by atoms with van der Waals surface area (Å²) in [6.45, 7) is 5.44. The molecule has 1 rings (SSSR count). The number of nitrogens with one attached hydrogen (secondary N) is 1. The summed E-state index contributed by atoms with van der Waals surface area (Å²) in [6, 6.07) is 6.70. The van der Waals surface area contributed by atoms with Crippen LogP contribution < -0.4 is 5.32 Å². The molecule has 0 radical (unpaired) electrons. The van der Waals surface area contributed by atoms with Gasteiger partial charge in [-0.2, -0.15) is 0 Å². The monoisotopic (exact) mass is 255 g/mol. The fraction of sp³-hybridized carbons (Fsp3) is 0.571. The first-order valence-corrected chi connectivity index (χ1v) is 6.30. The molecular weight excluding hydrogens is 233 g/mol. The number of ether oxygens (including phenoxy) is 2. The molecule has 18 heavy (non-hydrogen) atoms. The molecule has 1 atom stereocenters. The molecule has 0 saturated carbocycles. The van der Waals surface area contributed by atoms with E-state index in [4.69, 9.17) is 9.47 Å². The Morgan fingerprint density at radius 1 is 1.39 bits per heavy atom. The van der Waals surface area contributed by atoms with Crippen molar-refractivity contribution in [2.75, 3.05) is 40.0 Å². The number of hydrogen-bond donors (Lipinski definition) is 1. The summed E-state index contributed by atoms with van der Waals surface area (Å²) in [6.07, 6.45) is 0. The van der Waals surface area contributed by atoms with Gasteiger partial charge in [-0.3, -0.25) is 0 Å². The van der Waals surface area contributed by atoms with Crippen LogP contribution >= 0.6 is 0 Å². The van der Waals surface area contributed by atoms with Crippen molar-refractivity contribution in [3.63, 3.8) is 0 Å². The third-order valence-electron chi connectivity index (χ3n) is 2.72. The van der Waals surface area contributed by atoms with Crippen molar-refractivity contribution in [1.29, 1.82) is 0 Å². The lowest BCUT2D eigenvalue weighted by Crippen LogP contribution is -2.27. The van der Waals surface area contributed by atoms with Gasteiger partial charge in [-0.15, -0.1) is 0 Å². The lowest BCUT2D eigenvalue weighted by atomic mass is 10.00. The summed E-state index contributed by atoms with van der Waals surface area (Å²) in [5.74, 6) is -0.0385. The van der Waals surface area contributed by atoms with Crippen molar-refractivity contribution in [2.24, 2.45) is 0 Å². The normalized spacial score (nSPS) is 12.6. The molecule has 0 fully saturated rings. The average molecular weight is 255 g/mol. The highest BCUT2D eigenvalue weighted by Crippen LogP contribution is 2.16. The molecule has 0 aliphatic heterocycles. The Kier molecular flexibility index (Phi) is 7.57. The molecule has 1 aromatic carbocycles. The van der Waals surface area contributed by atoms with Crippen LogP contribution in [0.2, 0.25) is 0 Å². The zero-order chi connectivity index (χ0) is 13.2. The highest BCUT2D eigenvalue weighted by Gasteiger charge is 2.12. The Morgan fingerprint density at radius 2 is 2.22 bits per heavy atom. The van der Waals surface area contributed by atoms with E-state index in [9.17, 15) is 4.39 Å². The topological polar surface area (TPSA) is 30.5 Å². The molecule has 0 heterocycles. The van der Waals surface area contributed by atoms with Gasteiger partial charge in [0.15, 0.2) is 0 Å². The maximum Gasteiger partial charge on any atom is 0.123 e. The van der Waals surface area contributed by atoms with Gasteiger partial charge in [0.2, 0.25) is 0 Å². The molecule has 0 aliphatic rings. The van der Waals surface area contributed by atoms with Crippen molar-refractivity contribution in [2.45, 2.75) is 12.8 Å². The van der Waals surface area contributed by atoms with Gasteiger partial charge in [0.05, 0.1) is 13.2 Å². The molecule has 1 N–H and O–H groups in total. The number of benzene rings is 1. The van der Waals surface area contributed by atoms with Crippen LogP contribution in [0.1, 0.15) is 18.4 Å². The second-order valence-corrected chi connectivity index (χ2v) is 4.11. The van der Waals surface area contributed by atoms with E-state index in [0.29, 0.717) is 19.8 Å². The number of halogens is 1. The van der Waals surface area contributed by atoms with Gasteiger partial charge in [0, 0.05) is 32.7 Å². The van der Waals surface area contributed by atoms with Crippen LogP contribution in [0.25, 0.3) is 0 Å². The van der Waals surface area contributed by atoms with Gasteiger partial charge < -0.3 is 14.8 Å². The zero-order valence-corrected chi connectivity index (χ0v) is 11.1. The van der Waals surface area contributed by atoms with Crippen LogP contribution in [0.5, 0.6) is 0 Å². The van der Waals surface area contributed by atoms with E-state index < -0.39 is 0 Å². The van der Waals surface area contributed by atoms with Crippen LogP contribution in [-0.4, -0.2) is 40.0 Å². The van der Waals surface area contributed by atoms with Gasteiger partial charge >= 0.3 is 0 Å². The minimum absolute atomic E-state index is 0.164. The molecule has 0 spiro atoms. The molecule has 0 aromatic heterocycles. The summed E-state index contributed by atoms with van der Waals surface area (Å²) in [7, 11) is 1.67. The fourth-order valence-electron chi connectivity index (χ4n) is 1.74.